The van der Waals surface area contributed by atoms with Crippen molar-refractivity contribution in [3.8, 4) is 23.0 Å². The van der Waals surface area contributed by atoms with Crippen LogP contribution in [0.5, 0.6) is 0 Å². The van der Waals surface area contributed by atoms with Crippen molar-refractivity contribution in [2.24, 2.45) is 0 Å². The van der Waals surface area contributed by atoms with Crippen LogP contribution in [-0.2, 0) is 5.41 Å². The van der Waals surface area contributed by atoms with Crippen LogP contribution >= 0.6 is 0 Å². The molecule has 0 saturated heterocycles. The number of aryl methyl sites for hydroxylation is 2. The monoisotopic (exact) mass is 537 g/mol. The maximum atomic E-state index is 3.83. The summed E-state index contributed by atoms with van der Waals surface area (Å²) in [6.45, 7) is 4.26. The Morgan fingerprint density at radius 2 is 1.00 bits per heavy atom. The first-order chi connectivity index (χ1) is 20.6. The quantitative estimate of drug-likeness (QED) is 0.202. The number of anilines is 3. The molecule has 0 spiro atoms. The molecule has 0 amide bonds. The lowest BCUT2D eigenvalue weighted by molar-refractivity contribution is 0.837. The van der Waals surface area contributed by atoms with Gasteiger partial charge in [0.15, 0.2) is 0 Å². The molecule has 1 aliphatic rings. The molecule has 1 heteroatoms. The summed E-state index contributed by atoms with van der Waals surface area (Å²) in [5, 5.41) is 0. The number of fused-ring (bicyclic) bond motifs is 3. The predicted octanol–water partition coefficient (Wildman–Crippen LogP) is 10.1. The summed E-state index contributed by atoms with van der Waals surface area (Å²) >= 11 is 0. The van der Waals surface area contributed by atoms with Gasteiger partial charge in [-0.15, -0.1) is 0 Å². The van der Waals surface area contributed by atoms with Gasteiger partial charge in [-0.3, -0.25) is 0 Å². The first kappa shape index (κ1) is 25.6. The zero-order chi connectivity index (χ0) is 28.5. The molecule has 0 bridgehead atoms. The zero-order valence-corrected chi connectivity index (χ0v) is 23.9. The van der Waals surface area contributed by atoms with Crippen LogP contribution in [0.3, 0.4) is 0 Å². The predicted molar refractivity (Wildman–Crippen MR) is 176 cm³/mol. The molecule has 0 aromatic heterocycles. The second-order valence-electron chi connectivity index (χ2n) is 11.0. The molecule has 200 valence electrons. The van der Waals surface area contributed by atoms with Crippen LogP contribution in [0.25, 0.3) is 11.1 Å². The summed E-state index contributed by atoms with van der Waals surface area (Å²) in [6, 6.07) is 54.3. The highest BCUT2D eigenvalue weighted by Crippen LogP contribution is 2.54. The van der Waals surface area contributed by atoms with Gasteiger partial charge >= 0.3 is 0 Å². The van der Waals surface area contributed by atoms with Gasteiger partial charge in [-0.25, -0.2) is 0 Å². The van der Waals surface area contributed by atoms with Crippen molar-refractivity contribution in [3.63, 3.8) is 0 Å². The lowest BCUT2D eigenvalue weighted by Gasteiger charge is -2.30. The minimum Gasteiger partial charge on any atom is -0.310 e. The number of nitrogens with zero attached hydrogens (tertiary/aromatic N) is 1. The average molecular weight is 538 g/mol. The van der Waals surface area contributed by atoms with Crippen molar-refractivity contribution >= 4 is 17.1 Å². The minimum absolute atomic E-state index is 0.620. The molecule has 0 heterocycles. The van der Waals surface area contributed by atoms with Gasteiger partial charge in [-0.2, -0.15) is 0 Å². The Labute approximate surface area is 248 Å². The summed E-state index contributed by atoms with van der Waals surface area (Å²) in [7, 11) is 0. The summed E-state index contributed by atoms with van der Waals surface area (Å²) in [5.74, 6) is 7.40. The average Bonchev–Trinajstić information content (AvgIpc) is 3.33. The number of benzene rings is 6. The van der Waals surface area contributed by atoms with E-state index < -0.39 is 5.41 Å². The SMILES string of the molecule is Cc1ccc(N(c2ccc(C)cc2)c2ccc3c(c2)C(C#Cc2ccccc2)(c2ccccc2)c2ccccc2-3)cc1. The molecular weight excluding hydrogens is 506 g/mol. The van der Waals surface area contributed by atoms with E-state index in [1.807, 2.05) is 6.07 Å². The van der Waals surface area contributed by atoms with Crippen LogP contribution < -0.4 is 4.90 Å². The highest BCUT2D eigenvalue weighted by molar-refractivity contribution is 5.89. The third-order valence-corrected chi connectivity index (χ3v) is 8.25. The Bertz CT molecular complexity index is 1880. The van der Waals surface area contributed by atoms with E-state index >= 15 is 0 Å². The number of hydrogen-bond acceptors (Lipinski definition) is 1. The van der Waals surface area contributed by atoms with Crippen LogP contribution in [0.15, 0.2) is 152 Å². The van der Waals surface area contributed by atoms with Gasteiger partial charge in [0.25, 0.3) is 0 Å². The van der Waals surface area contributed by atoms with Crippen LogP contribution in [0.2, 0.25) is 0 Å². The normalized spacial score (nSPS) is 14.8. The first-order valence-corrected chi connectivity index (χ1v) is 14.5. The third kappa shape index (κ3) is 4.39. The van der Waals surface area contributed by atoms with E-state index in [4.69, 9.17) is 0 Å². The number of rotatable bonds is 4. The molecule has 1 nitrogen and oxygen atoms in total. The van der Waals surface area contributed by atoms with E-state index in [-0.39, 0.29) is 0 Å². The molecule has 1 atom stereocenters. The maximum Gasteiger partial charge on any atom is 0.108 e. The Balaban J connectivity index is 1.51. The van der Waals surface area contributed by atoms with E-state index in [0.717, 1.165) is 22.6 Å². The van der Waals surface area contributed by atoms with Gasteiger partial charge in [-0.05, 0) is 90.2 Å². The standard InChI is InChI=1S/C41H31N/c1-30-17-21-34(22-18-30)42(35-23-19-31(2)20-24-35)36-25-26-38-37-15-9-10-16-39(37)41(40(38)29-36,33-13-7-4-8-14-33)28-27-32-11-5-3-6-12-32/h3-26,29H,1-2H3. The maximum absolute atomic E-state index is 3.83. The highest BCUT2D eigenvalue weighted by Gasteiger charge is 2.44. The summed E-state index contributed by atoms with van der Waals surface area (Å²) in [5.41, 5.74) is 12.3. The van der Waals surface area contributed by atoms with Crippen molar-refractivity contribution in [2.45, 2.75) is 19.3 Å². The van der Waals surface area contributed by atoms with Crippen molar-refractivity contribution in [1.29, 1.82) is 0 Å². The van der Waals surface area contributed by atoms with Crippen LogP contribution in [0.4, 0.5) is 17.1 Å². The van der Waals surface area contributed by atoms with Gasteiger partial charge in [0.05, 0.1) is 0 Å². The molecule has 1 aliphatic carbocycles. The second-order valence-corrected chi connectivity index (χ2v) is 11.0. The summed E-state index contributed by atoms with van der Waals surface area (Å²) in [6.07, 6.45) is 0. The fraction of sp³-hybridized carbons (Fsp3) is 0.0732. The second kappa shape index (κ2) is 10.6. The molecule has 0 fully saturated rings. The summed E-state index contributed by atoms with van der Waals surface area (Å²) < 4.78 is 0. The van der Waals surface area contributed by atoms with Gasteiger partial charge in [-0.1, -0.05) is 126 Å². The highest BCUT2D eigenvalue weighted by atomic mass is 15.1. The topological polar surface area (TPSA) is 3.24 Å². The van der Waals surface area contributed by atoms with Crippen LogP contribution in [0, 0.1) is 25.7 Å². The molecule has 1 unspecified atom stereocenters. The van der Waals surface area contributed by atoms with Crippen LogP contribution in [-0.4, -0.2) is 0 Å². The van der Waals surface area contributed by atoms with Crippen molar-refractivity contribution in [1.82, 2.24) is 0 Å². The number of hydrogen-bond donors (Lipinski definition) is 0. The Morgan fingerprint density at radius 1 is 0.476 bits per heavy atom. The third-order valence-electron chi connectivity index (χ3n) is 8.25. The molecule has 42 heavy (non-hydrogen) atoms. The molecule has 6 aromatic rings. The molecule has 0 N–H and O–H groups in total. The van der Waals surface area contributed by atoms with Crippen molar-refractivity contribution in [2.75, 3.05) is 4.90 Å². The fourth-order valence-corrected chi connectivity index (χ4v) is 6.13. The molecule has 6 aromatic carbocycles. The van der Waals surface area contributed by atoms with Gasteiger partial charge < -0.3 is 4.90 Å². The first-order valence-electron chi connectivity index (χ1n) is 14.5. The molecular formula is C41H31N. The van der Waals surface area contributed by atoms with Crippen molar-refractivity contribution < 1.29 is 0 Å². The lowest BCUT2D eigenvalue weighted by atomic mass is 9.72. The Morgan fingerprint density at radius 3 is 1.64 bits per heavy atom. The van der Waals surface area contributed by atoms with E-state index in [1.54, 1.807) is 0 Å². The molecule has 0 radical (unpaired) electrons. The smallest absolute Gasteiger partial charge is 0.108 e. The fourth-order valence-electron chi connectivity index (χ4n) is 6.13. The van der Waals surface area contributed by atoms with E-state index in [0.29, 0.717) is 0 Å². The Kier molecular flexibility index (Phi) is 6.46. The van der Waals surface area contributed by atoms with E-state index in [9.17, 15) is 0 Å². The zero-order valence-electron chi connectivity index (χ0n) is 23.9. The van der Waals surface area contributed by atoms with Gasteiger partial charge in [0, 0.05) is 22.6 Å². The molecule has 0 saturated carbocycles. The summed E-state index contributed by atoms with van der Waals surface area (Å²) in [4.78, 5) is 2.35. The molecule has 0 aliphatic heterocycles. The minimum atomic E-state index is -0.620. The lowest BCUT2D eigenvalue weighted by Crippen LogP contribution is -2.25. The molecule has 7 rings (SSSR count). The largest absolute Gasteiger partial charge is 0.310 e. The van der Waals surface area contributed by atoms with Gasteiger partial charge in [0.1, 0.15) is 5.41 Å². The Hall–Kier alpha value is -5.32. The van der Waals surface area contributed by atoms with E-state index in [1.165, 1.54) is 38.9 Å². The van der Waals surface area contributed by atoms with Crippen LogP contribution in [0.1, 0.15) is 33.4 Å². The van der Waals surface area contributed by atoms with E-state index in [2.05, 4.69) is 176 Å². The van der Waals surface area contributed by atoms with Crippen molar-refractivity contribution in [3.05, 3.63) is 185 Å². The van der Waals surface area contributed by atoms with Gasteiger partial charge in [0.2, 0.25) is 0 Å².